The summed E-state index contributed by atoms with van der Waals surface area (Å²) in [5, 5.41) is 14.0. The lowest BCUT2D eigenvalue weighted by Crippen LogP contribution is -2.26. The Bertz CT molecular complexity index is 686. The molecular weight excluding hydrogens is 232 g/mol. The van der Waals surface area contributed by atoms with E-state index in [9.17, 15) is 14.7 Å². The second-order valence-corrected chi connectivity index (χ2v) is 4.63. The van der Waals surface area contributed by atoms with Gasteiger partial charge in [-0.25, -0.2) is 9.48 Å². The summed E-state index contributed by atoms with van der Waals surface area (Å²) in [6, 6.07) is 6.71. The minimum Gasteiger partial charge on any atom is -0.476 e. The second-order valence-electron chi connectivity index (χ2n) is 4.63. The highest BCUT2D eigenvalue weighted by molar-refractivity contribution is 6.01. The number of hydrogen-bond acceptors (Lipinski definition) is 3. The van der Waals surface area contributed by atoms with Gasteiger partial charge >= 0.3 is 5.97 Å². The summed E-state index contributed by atoms with van der Waals surface area (Å²) < 4.78 is 1.30. The Morgan fingerprint density at radius 3 is 2.61 bits per heavy atom. The predicted molar refractivity (Wildman–Crippen MR) is 65.7 cm³/mol. The minimum absolute atomic E-state index is 0.0501. The van der Waals surface area contributed by atoms with Crippen molar-refractivity contribution in [2.45, 2.75) is 19.4 Å². The summed E-state index contributed by atoms with van der Waals surface area (Å²) >= 11 is 0. The third-order valence-corrected chi connectivity index (χ3v) is 3.20. The Hall–Kier alpha value is -2.17. The summed E-state index contributed by atoms with van der Waals surface area (Å²) in [6.07, 6.45) is 2.17. The van der Waals surface area contributed by atoms with Crippen molar-refractivity contribution in [3.63, 3.8) is 0 Å². The molecule has 5 nitrogen and oxygen atoms in total. The van der Waals surface area contributed by atoms with Gasteiger partial charge < -0.3 is 5.11 Å². The lowest BCUT2D eigenvalue weighted by molar-refractivity contribution is 0.0690. The summed E-state index contributed by atoms with van der Waals surface area (Å²) in [5.41, 5.74) is -0.256. The van der Waals surface area contributed by atoms with Crippen LogP contribution in [0.25, 0.3) is 10.8 Å². The van der Waals surface area contributed by atoms with Crippen molar-refractivity contribution in [3.05, 3.63) is 40.3 Å². The Morgan fingerprint density at radius 1 is 1.33 bits per heavy atom. The SMILES string of the molecule is O=C(O)c1nn(CC2CC2)c(=O)c2ccccc12. The van der Waals surface area contributed by atoms with Crippen molar-refractivity contribution < 1.29 is 9.90 Å². The van der Waals surface area contributed by atoms with Gasteiger partial charge in [0.25, 0.3) is 5.56 Å². The van der Waals surface area contributed by atoms with Crippen molar-refractivity contribution in [3.8, 4) is 0 Å². The summed E-state index contributed by atoms with van der Waals surface area (Å²) in [5.74, 6) is -0.631. The molecule has 0 amide bonds. The van der Waals surface area contributed by atoms with E-state index in [-0.39, 0.29) is 11.3 Å². The number of fused-ring (bicyclic) bond motifs is 1. The van der Waals surface area contributed by atoms with Crippen LogP contribution in [0.5, 0.6) is 0 Å². The van der Waals surface area contributed by atoms with Crippen LogP contribution in [0.4, 0.5) is 0 Å². The summed E-state index contributed by atoms with van der Waals surface area (Å²) in [4.78, 5) is 23.4. The average Bonchev–Trinajstić information content (AvgIpc) is 3.16. The first kappa shape index (κ1) is 11.0. The third-order valence-electron chi connectivity index (χ3n) is 3.20. The molecule has 92 valence electrons. The monoisotopic (exact) mass is 244 g/mol. The Labute approximate surface area is 103 Å². The van der Waals surface area contributed by atoms with Gasteiger partial charge in [-0.3, -0.25) is 4.79 Å². The number of carboxylic acids is 1. The topological polar surface area (TPSA) is 72.2 Å². The number of carbonyl (C=O) groups is 1. The highest BCUT2D eigenvalue weighted by Gasteiger charge is 2.24. The molecule has 2 aromatic rings. The number of benzene rings is 1. The molecule has 0 spiro atoms. The van der Waals surface area contributed by atoms with Crippen LogP contribution in [-0.2, 0) is 6.54 Å². The predicted octanol–water partition coefficient (Wildman–Crippen LogP) is 1.50. The van der Waals surface area contributed by atoms with Gasteiger partial charge in [-0.2, -0.15) is 5.10 Å². The molecule has 0 atom stereocenters. The number of aromatic carboxylic acids is 1. The standard InChI is InChI=1S/C13H12N2O3/c16-12-10-4-2-1-3-9(10)11(13(17)18)14-15(12)7-8-5-6-8/h1-4,8H,5-7H2,(H,17,18). The van der Waals surface area contributed by atoms with Crippen LogP contribution < -0.4 is 5.56 Å². The fourth-order valence-electron chi connectivity index (χ4n) is 2.06. The van der Waals surface area contributed by atoms with Crippen molar-refractivity contribution in [2.75, 3.05) is 0 Å². The first-order valence-corrected chi connectivity index (χ1v) is 5.90. The highest BCUT2D eigenvalue weighted by atomic mass is 16.4. The Morgan fingerprint density at radius 2 is 2.00 bits per heavy atom. The van der Waals surface area contributed by atoms with Crippen molar-refractivity contribution in [1.82, 2.24) is 9.78 Å². The van der Waals surface area contributed by atoms with Crippen LogP contribution >= 0.6 is 0 Å². The zero-order valence-electron chi connectivity index (χ0n) is 9.67. The largest absolute Gasteiger partial charge is 0.476 e. The molecule has 1 N–H and O–H groups in total. The molecule has 1 saturated carbocycles. The number of nitrogens with zero attached hydrogens (tertiary/aromatic N) is 2. The Kier molecular flexibility index (Phi) is 2.40. The zero-order chi connectivity index (χ0) is 12.7. The van der Waals surface area contributed by atoms with Gasteiger partial charge in [0.15, 0.2) is 5.69 Å². The Balaban J connectivity index is 2.27. The van der Waals surface area contributed by atoms with Gasteiger partial charge in [0.05, 0.1) is 5.39 Å². The zero-order valence-corrected chi connectivity index (χ0v) is 9.67. The third kappa shape index (κ3) is 1.77. The molecule has 1 aromatic carbocycles. The maximum Gasteiger partial charge on any atom is 0.357 e. The van der Waals surface area contributed by atoms with E-state index in [1.165, 1.54) is 4.68 Å². The number of rotatable bonds is 3. The molecule has 1 heterocycles. The van der Waals surface area contributed by atoms with Crippen molar-refractivity contribution >= 4 is 16.7 Å². The molecule has 0 aliphatic heterocycles. The first-order chi connectivity index (χ1) is 8.66. The normalized spacial score (nSPS) is 14.9. The molecule has 3 rings (SSSR count). The van der Waals surface area contributed by atoms with E-state index in [1.807, 2.05) is 0 Å². The molecule has 0 bridgehead atoms. The molecule has 1 aromatic heterocycles. The van der Waals surface area contributed by atoms with Gasteiger partial charge in [0.2, 0.25) is 0 Å². The summed E-state index contributed by atoms with van der Waals surface area (Å²) in [6.45, 7) is 0.518. The van der Waals surface area contributed by atoms with E-state index in [1.54, 1.807) is 24.3 Å². The molecule has 1 aliphatic rings. The van der Waals surface area contributed by atoms with E-state index in [2.05, 4.69) is 5.10 Å². The van der Waals surface area contributed by atoms with E-state index in [4.69, 9.17) is 0 Å². The molecule has 5 heteroatoms. The molecule has 0 radical (unpaired) electrons. The number of aromatic nitrogens is 2. The van der Waals surface area contributed by atoms with Crippen LogP contribution in [0.3, 0.4) is 0 Å². The van der Waals surface area contributed by atoms with E-state index in [0.29, 0.717) is 23.2 Å². The van der Waals surface area contributed by atoms with Gasteiger partial charge in [-0.1, -0.05) is 18.2 Å². The van der Waals surface area contributed by atoms with Crippen LogP contribution in [0, 0.1) is 5.92 Å². The van der Waals surface area contributed by atoms with Crippen LogP contribution in [-0.4, -0.2) is 20.9 Å². The molecular formula is C13H12N2O3. The maximum atomic E-state index is 12.2. The van der Waals surface area contributed by atoms with E-state index in [0.717, 1.165) is 12.8 Å². The molecule has 1 fully saturated rings. The van der Waals surface area contributed by atoms with Crippen molar-refractivity contribution in [2.24, 2.45) is 5.92 Å². The minimum atomic E-state index is -1.10. The van der Waals surface area contributed by atoms with Gasteiger partial charge in [0, 0.05) is 11.9 Å². The lowest BCUT2D eigenvalue weighted by atomic mass is 10.1. The molecule has 0 saturated heterocycles. The van der Waals surface area contributed by atoms with E-state index < -0.39 is 5.97 Å². The van der Waals surface area contributed by atoms with Crippen LogP contribution in [0.2, 0.25) is 0 Å². The quantitative estimate of drug-likeness (QED) is 0.888. The smallest absolute Gasteiger partial charge is 0.357 e. The highest BCUT2D eigenvalue weighted by Crippen LogP contribution is 2.30. The fourth-order valence-corrected chi connectivity index (χ4v) is 2.06. The first-order valence-electron chi connectivity index (χ1n) is 5.90. The van der Waals surface area contributed by atoms with E-state index >= 15 is 0 Å². The average molecular weight is 244 g/mol. The number of carboxylic acid groups (broad SMARTS) is 1. The number of hydrogen-bond donors (Lipinski definition) is 1. The lowest BCUT2D eigenvalue weighted by Gasteiger charge is -2.07. The van der Waals surface area contributed by atoms with Gasteiger partial charge in [-0.15, -0.1) is 0 Å². The van der Waals surface area contributed by atoms with Gasteiger partial charge in [0.1, 0.15) is 0 Å². The van der Waals surface area contributed by atoms with Crippen LogP contribution in [0.1, 0.15) is 23.3 Å². The van der Waals surface area contributed by atoms with Crippen molar-refractivity contribution in [1.29, 1.82) is 0 Å². The van der Waals surface area contributed by atoms with Gasteiger partial charge in [-0.05, 0) is 24.8 Å². The second kappa shape index (κ2) is 3.94. The molecule has 18 heavy (non-hydrogen) atoms. The maximum absolute atomic E-state index is 12.2. The molecule has 1 aliphatic carbocycles. The van der Waals surface area contributed by atoms with Crippen LogP contribution in [0.15, 0.2) is 29.1 Å². The summed E-state index contributed by atoms with van der Waals surface area (Å²) in [7, 11) is 0. The fraction of sp³-hybridized carbons (Fsp3) is 0.308. The molecule has 0 unspecified atom stereocenters.